The summed E-state index contributed by atoms with van der Waals surface area (Å²) in [6, 6.07) is 15.7. The second kappa shape index (κ2) is 13.7. The van der Waals surface area contributed by atoms with Crippen LogP contribution in [0.4, 0.5) is 13.6 Å². The van der Waals surface area contributed by atoms with Crippen LogP contribution in [0.25, 0.3) is 27.1 Å². The quantitative estimate of drug-likeness (QED) is 0.0758. The first-order valence-electron chi connectivity index (χ1n) is 15.5. The number of cyclic esters (lactones) is 1. The molecule has 1 fully saturated rings. The van der Waals surface area contributed by atoms with Gasteiger partial charge in [-0.05, 0) is 84.3 Å². The van der Waals surface area contributed by atoms with Crippen LogP contribution in [0, 0.1) is 21.8 Å². The number of H-pyrrole nitrogens is 2. The Kier molecular flexibility index (Phi) is 9.50. The van der Waals surface area contributed by atoms with Crippen molar-refractivity contribution in [2.75, 3.05) is 20.1 Å². The predicted molar refractivity (Wildman–Crippen MR) is 184 cm³/mol. The molecule has 2 unspecified atom stereocenters. The summed E-state index contributed by atoms with van der Waals surface area (Å²) in [5.41, 5.74) is 2.85. The number of hydrogen-bond donors (Lipinski definition) is 2. The molecule has 242 valence electrons. The van der Waals surface area contributed by atoms with Gasteiger partial charge in [-0.1, -0.05) is 18.6 Å². The Labute approximate surface area is 285 Å². The topological polar surface area (TPSA) is 87.6 Å². The smallest absolute Gasteiger partial charge is 0.409 e. The number of rotatable bonds is 12. The van der Waals surface area contributed by atoms with Crippen LogP contribution < -0.4 is 4.74 Å². The standard InChI is InChI=1S/C36H34F2IN5O3/c1-36(13-5-4-6-14-40-2,22-8-7-9-23(39)16-22)32-20-42-34(43-32)28-17-24(10-11-29(28)37)46-33-27(18-25-21-44(3)35(45)47-25)26-12-15-41-31(26)19-30(33)38/h7-12,15-17,19-20,25,41H,4-6,13-14,18,21H2,1,3H3,(H,42,43). The van der Waals surface area contributed by atoms with Gasteiger partial charge in [-0.15, -0.1) is 0 Å². The number of amides is 1. The predicted octanol–water partition coefficient (Wildman–Crippen LogP) is 9.01. The summed E-state index contributed by atoms with van der Waals surface area (Å²) in [5.74, 6) is -0.546. The van der Waals surface area contributed by atoms with E-state index in [1.165, 1.54) is 29.2 Å². The summed E-state index contributed by atoms with van der Waals surface area (Å²) in [7, 11) is 1.65. The van der Waals surface area contributed by atoms with Gasteiger partial charge in [0.05, 0.1) is 12.1 Å². The van der Waals surface area contributed by atoms with Crippen molar-refractivity contribution >= 4 is 39.6 Å². The molecular weight excluding hydrogens is 715 g/mol. The van der Waals surface area contributed by atoms with E-state index in [1.54, 1.807) is 19.4 Å². The number of halogens is 3. The maximum absolute atomic E-state index is 15.6. The Morgan fingerprint density at radius 1 is 1.15 bits per heavy atom. The van der Waals surface area contributed by atoms with Crippen molar-refractivity contribution in [2.24, 2.45) is 0 Å². The number of ether oxygens (including phenoxy) is 2. The lowest BCUT2D eigenvalue weighted by Gasteiger charge is -2.29. The normalized spacial score (nSPS) is 15.9. The molecule has 1 saturated heterocycles. The van der Waals surface area contributed by atoms with Crippen molar-refractivity contribution in [2.45, 2.75) is 50.5 Å². The fourth-order valence-electron chi connectivity index (χ4n) is 6.24. The molecule has 1 amide bonds. The van der Waals surface area contributed by atoms with Crippen LogP contribution in [0.2, 0.25) is 0 Å². The number of likely N-dealkylation sites (N-methyl/N-ethyl adjacent to an activating group) is 1. The molecule has 2 N–H and O–H groups in total. The van der Waals surface area contributed by atoms with Crippen LogP contribution in [0.3, 0.4) is 0 Å². The second-order valence-electron chi connectivity index (χ2n) is 12.1. The largest absolute Gasteiger partial charge is 0.454 e. The third kappa shape index (κ3) is 6.83. The Balaban J connectivity index is 1.32. The molecule has 0 saturated carbocycles. The van der Waals surface area contributed by atoms with Crippen LogP contribution in [-0.2, 0) is 16.6 Å². The van der Waals surface area contributed by atoms with Gasteiger partial charge in [-0.3, -0.25) is 0 Å². The first kappa shape index (κ1) is 32.5. The first-order valence-corrected chi connectivity index (χ1v) is 16.6. The number of nitrogens with one attached hydrogen (secondary N) is 2. The lowest BCUT2D eigenvalue weighted by atomic mass is 9.75. The molecule has 11 heteroatoms. The number of nitrogens with zero attached hydrogens (tertiary/aromatic N) is 3. The minimum atomic E-state index is -0.594. The van der Waals surface area contributed by atoms with Gasteiger partial charge in [0, 0.05) is 69.5 Å². The molecule has 2 aromatic heterocycles. The number of aromatic amines is 2. The lowest BCUT2D eigenvalue weighted by molar-refractivity contribution is 0.134. The zero-order valence-corrected chi connectivity index (χ0v) is 28.2. The first-order chi connectivity index (χ1) is 22.7. The molecule has 0 spiro atoms. The highest BCUT2D eigenvalue weighted by Crippen LogP contribution is 2.40. The molecule has 1 aliphatic heterocycles. The van der Waals surface area contributed by atoms with Crippen molar-refractivity contribution < 1.29 is 23.0 Å². The van der Waals surface area contributed by atoms with Gasteiger partial charge in [-0.2, -0.15) is 0 Å². The molecule has 6 rings (SSSR count). The van der Waals surface area contributed by atoms with Crippen molar-refractivity contribution in [1.29, 1.82) is 0 Å². The monoisotopic (exact) mass is 749 g/mol. The number of carbonyl (C=O) groups is 1. The molecule has 8 nitrogen and oxygen atoms in total. The number of unbranched alkanes of at least 4 members (excludes halogenated alkanes) is 2. The minimum absolute atomic E-state index is 0.00938. The third-order valence-electron chi connectivity index (χ3n) is 8.85. The third-order valence-corrected chi connectivity index (χ3v) is 9.52. The molecule has 0 bridgehead atoms. The van der Waals surface area contributed by atoms with E-state index in [0.717, 1.165) is 45.9 Å². The van der Waals surface area contributed by atoms with E-state index in [9.17, 15) is 4.79 Å². The Morgan fingerprint density at radius 2 is 2.00 bits per heavy atom. The van der Waals surface area contributed by atoms with Gasteiger partial charge in [0.15, 0.2) is 11.6 Å². The summed E-state index contributed by atoms with van der Waals surface area (Å²) < 4.78 is 43.7. The summed E-state index contributed by atoms with van der Waals surface area (Å²) in [6.45, 7) is 10.1. The summed E-state index contributed by atoms with van der Waals surface area (Å²) >= 11 is 2.30. The van der Waals surface area contributed by atoms with Crippen LogP contribution in [0.15, 0.2) is 67.0 Å². The van der Waals surface area contributed by atoms with E-state index in [0.29, 0.717) is 30.0 Å². The number of aromatic nitrogens is 3. The van der Waals surface area contributed by atoms with Crippen molar-refractivity contribution in [3.63, 3.8) is 0 Å². The molecule has 2 atom stereocenters. The number of hydrogen-bond acceptors (Lipinski definition) is 4. The Hall–Kier alpha value is -4.44. The van der Waals surface area contributed by atoms with Crippen LogP contribution >= 0.6 is 22.6 Å². The zero-order chi connectivity index (χ0) is 33.1. The average Bonchev–Trinajstić information content (AvgIpc) is 3.80. The van der Waals surface area contributed by atoms with Crippen LogP contribution in [0.1, 0.15) is 49.4 Å². The van der Waals surface area contributed by atoms with Crippen LogP contribution in [0.5, 0.6) is 11.5 Å². The fourth-order valence-corrected chi connectivity index (χ4v) is 6.78. The van der Waals surface area contributed by atoms with Gasteiger partial charge in [0.1, 0.15) is 23.5 Å². The van der Waals surface area contributed by atoms with Gasteiger partial charge in [0.25, 0.3) is 0 Å². The van der Waals surface area contributed by atoms with E-state index in [4.69, 9.17) is 16.0 Å². The molecule has 3 aromatic carbocycles. The molecule has 47 heavy (non-hydrogen) atoms. The Morgan fingerprint density at radius 3 is 2.77 bits per heavy atom. The Bertz CT molecular complexity index is 1970. The molecule has 1 aliphatic rings. The zero-order valence-electron chi connectivity index (χ0n) is 26.1. The van der Waals surface area contributed by atoms with Crippen LogP contribution in [-0.4, -0.2) is 52.2 Å². The van der Waals surface area contributed by atoms with E-state index >= 15 is 8.78 Å². The summed E-state index contributed by atoms with van der Waals surface area (Å²) in [4.78, 5) is 28.0. The van der Waals surface area contributed by atoms with E-state index in [-0.39, 0.29) is 23.5 Å². The molecule has 3 heterocycles. The van der Waals surface area contributed by atoms with E-state index in [2.05, 4.69) is 61.4 Å². The maximum Gasteiger partial charge on any atom is 0.409 e. The lowest BCUT2D eigenvalue weighted by Crippen LogP contribution is -2.24. The van der Waals surface area contributed by atoms with Gasteiger partial charge < -0.3 is 29.2 Å². The highest BCUT2D eigenvalue weighted by Gasteiger charge is 2.32. The SMILES string of the molecule is [C-]#[N+]CCCCCC(C)(c1cccc(I)c1)c1cnc(-c2cc(Oc3c(F)cc4[nH]ccc4c3CC3CN(C)C(=O)O3)ccc2F)[nH]1. The van der Waals surface area contributed by atoms with Crippen molar-refractivity contribution in [1.82, 2.24) is 19.9 Å². The molecular formula is C36H34F2IN5O3. The summed E-state index contributed by atoms with van der Waals surface area (Å²) in [6.07, 6.45) is 6.30. The van der Waals surface area contributed by atoms with Crippen molar-refractivity contribution in [3.05, 3.63) is 110 Å². The number of imidazole rings is 1. The number of benzene rings is 3. The maximum atomic E-state index is 15.6. The van der Waals surface area contributed by atoms with Gasteiger partial charge in [-0.25, -0.2) is 25.1 Å². The van der Waals surface area contributed by atoms with Gasteiger partial charge in [0.2, 0.25) is 6.54 Å². The average molecular weight is 750 g/mol. The van der Waals surface area contributed by atoms with Crippen molar-refractivity contribution in [3.8, 4) is 22.9 Å². The molecule has 5 aromatic rings. The van der Waals surface area contributed by atoms with Gasteiger partial charge >= 0.3 is 6.09 Å². The second-order valence-corrected chi connectivity index (χ2v) is 13.4. The highest BCUT2D eigenvalue weighted by atomic mass is 127. The number of carbonyl (C=O) groups excluding carboxylic acids is 1. The number of fused-ring (bicyclic) bond motifs is 1. The molecule has 0 radical (unpaired) electrons. The fraction of sp³-hybridized carbons (Fsp3) is 0.306. The van der Waals surface area contributed by atoms with E-state index < -0.39 is 29.2 Å². The minimum Gasteiger partial charge on any atom is -0.454 e. The molecule has 0 aliphatic carbocycles. The highest BCUT2D eigenvalue weighted by molar-refractivity contribution is 14.1. The summed E-state index contributed by atoms with van der Waals surface area (Å²) in [5, 5.41) is 0.744. The van der Waals surface area contributed by atoms with E-state index in [1.807, 2.05) is 18.2 Å².